The highest BCUT2D eigenvalue weighted by atomic mass is 16.2. The van der Waals surface area contributed by atoms with Crippen molar-refractivity contribution in [2.24, 2.45) is 16.2 Å². The van der Waals surface area contributed by atoms with Crippen molar-refractivity contribution in [1.82, 2.24) is 5.32 Å². The summed E-state index contributed by atoms with van der Waals surface area (Å²) < 4.78 is 0. The lowest BCUT2D eigenvalue weighted by atomic mass is 9.46. The van der Waals surface area contributed by atoms with Crippen molar-refractivity contribution in [2.75, 3.05) is 7.05 Å². The molecule has 0 radical (unpaired) electrons. The van der Waals surface area contributed by atoms with E-state index >= 15 is 0 Å². The van der Waals surface area contributed by atoms with Gasteiger partial charge in [0, 0.05) is 7.05 Å². The molecule has 0 aliphatic heterocycles. The summed E-state index contributed by atoms with van der Waals surface area (Å²) in [6, 6.07) is 0. The second kappa shape index (κ2) is 4.05. The van der Waals surface area contributed by atoms with Crippen molar-refractivity contribution in [3.63, 3.8) is 0 Å². The maximum absolute atomic E-state index is 12.2. The van der Waals surface area contributed by atoms with Crippen molar-refractivity contribution in [3.05, 3.63) is 0 Å². The second-order valence-electron chi connectivity index (χ2n) is 6.74. The van der Waals surface area contributed by atoms with Crippen LogP contribution in [0.25, 0.3) is 0 Å². The van der Waals surface area contributed by atoms with Crippen LogP contribution in [-0.2, 0) is 4.79 Å². The normalized spacial score (nSPS) is 28.4. The van der Waals surface area contributed by atoms with Gasteiger partial charge in [-0.05, 0) is 30.1 Å². The molecule has 1 unspecified atom stereocenters. The van der Waals surface area contributed by atoms with E-state index in [-0.39, 0.29) is 22.2 Å². The van der Waals surface area contributed by atoms with Crippen LogP contribution in [0, 0.1) is 16.2 Å². The average Bonchev–Trinajstić information content (AvgIpc) is 2.23. The Kier molecular flexibility index (Phi) is 3.42. The third kappa shape index (κ3) is 1.99. The van der Waals surface area contributed by atoms with Gasteiger partial charge in [0.15, 0.2) is 0 Å². The molecule has 1 amide bonds. The molecule has 0 saturated heterocycles. The van der Waals surface area contributed by atoms with E-state index in [4.69, 9.17) is 0 Å². The molecule has 1 N–H and O–H groups in total. The lowest BCUT2D eigenvalue weighted by molar-refractivity contribution is -0.157. The van der Waals surface area contributed by atoms with Gasteiger partial charge >= 0.3 is 0 Å². The first-order valence-corrected chi connectivity index (χ1v) is 6.43. The maximum atomic E-state index is 12.2. The number of nitrogens with one attached hydrogen (secondary N) is 1. The number of amides is 1. The van der Waals surface area contributed by atoms with Crippen molar-refractivity contribution >= 4 is 5.91 Å². The zero-order valence-corrected chi connectivity index (χ0v) is 11.7. The molecule has 1 atom stereocenters. The lowest BCUT2D eigenvalue weighted by Crippen LogP contribution is -2.58. The van der Waals surface area contributed by atoms with Gasteiger partial charge in [0.2, 0.25) is 5.91 Å². The van der Waals surface area contributed by atoms with Crippen LogP contribution in [0.3, 0.4) is 0 Å². The minimum atomic E-state index is -0.138. The quantitative estimate of drug-likeness (QED) is 0.781. The van der Waals surface area contributed by atoms with Gasteiger partial charge in [-0.3, -0.25) is 4.79 Å². The topological polar surface area (TPSA) is 29.1 Å². The SMILES string of the molecule is CCC(C)(C)CC1(C(=O)NC)CCC1(C)C. The standard InChI is InChI=1S/C14H27NO/c1-7-12(2,3)10-14(11(16)15-6)9-8-13(14,4)5/h7-10H2,1-6H3,(H,15,16). The highest BCUT2D eigenvalue weighted by Gasteiger charge is 2.58. The van der Waals surface area contributed by atoms with Gasteiger partial charge in [-0.2, -0.15) is 0 Å². The highest BCUT2D eigenvalue weighted by molar-refractivity contribution is 5.84. The molecule has 2 nitrogen and oxygen atoms in total. The molecule has 16 heavy (non-hydrogen) atoms. The Balaban J connectivity index is 2.95. The van der Waals surface area contributed by atoms with Crippen molar-refractivity contribution in [2.45, 2.75) is 60.3 Å². The van der Waals surface area contributed by atoms with Gasteiger partial charge < -0.3 is 5.32 Å². The van der Waals surface area contributed by atoms with E-state index in [0.29, 0.717) is 0 Å². The zero-order chi connectivity index (χ0) is 12.6. The van der Waals surface area contributed by atoms with Gasteiger partial charge in [0.1, 0.15) is 0 Å². The summed E-state index contributed by atoms with van der Waals surface area (Å²) in [6.45, 7) is 11.2. The molecule has 1 fully saturated rings. The number of hydrogen-bond acceptors (Lipinski definition) is 1. The fourth-order valence-electron chi connectivity index (χ4n) is 2.94. The Morgan fingerprint density at radius 3 is 2.12 bits per heavy atom. The number of carbonyl (C=O) groups excluding carboxylic acids is 1. The van der Waals surface area contributed by atoms with Crippen LogP contribution in [0.5, 0.6) is 0 Å². The van der Waals surface area contributed by atoms with Crippen LogP contribution >= 0.6 is 0 Å². The summed E-state index contributed by atoms with van der Waals surface area (Å²) in [5.74, 6) is 0.241. The van der Waals surface area contributed by atoms with Crippen LogP contribution in [0.1, 0.15) is 60.3 Å². The highest BCUT2D eigenvalue weighted by Crippen LogP contribution is 2.61. The third-order valence-corrected chi connectivity index (χ3v) is 4.87. The maximum Gasteiger partial charge on any atom is 0.226 e. The summed E-state index contributed by atoms with van der Waals surface area (Å²) >= 11 is 0. The minimum absolute atomic E-state index is 0.138. The molecule has 1 aliphatic carbocycles. The zero-order valence-electron chi connectivity index (χ0n) is 11.7. The molecule has 0 aromatic heterocycles. The molecule has 1 saturated carbocycles. The lowest BCUT2D eigenvalue weighted by Gasteiger charge is -2.57. The first-order valence-electron chi connectivity index (χ1n) is 6.43. The first kappa shape index (κ1) is 13.5. The van der Waals surface area contributed by atoms with E-state index in [9.17, 15) is 4.79 Å². The predicted octanol–water partition coefficient (Wildman–Crippen LogP) is 3.37. The van der Waals surface area contributed by atoms with E-state index in [1.54, 1.807) is 7.05 Å². The molecular weight excluding hydrogens is 198 g/mol. The smallest absolute Gasteiger partial charge is 0.226 e. The minimum Gasteiger partial charge on any atom is -0.359 e. The fraction of sp³-hybridized carbons (Fsp3) is 0.929. The van der Waals surface area contributed by atoms with Crippen LogP contribution in [-0.4, -0.2) is 13.0 Å². The van der Waals surface area contributed by atoms with Crippen molar-refractivity contribution in [1.29, 1.82) is 0 Å². The van der Waals surface area contributed by atoms with Crippen LogP contribution in [0.4, 0.5) is 0 Å². The van der Waals surface area contributed by atoms with E-state index in [2.05, 4.69) is 39.9 Å². The van der Waals surface area contributed by atoms with E-state index < -0.39 is 0 Å². The molecule has 1 rings (SSSR count). The summed E-state index contributed by atoms with van der Waals surface area (Å²) in [7, 11) is 1.76. The van der Waals surface area contributed by atoms with Gasteiger partial charge in [-0.15, -0.1) is 0 Å². The number of rotatable bonds is 4. The Labute approximate surface area is 100 Å². The van der Waals surface area contributed by atoms with Gasteiger partial charge in [-0.25, -0.2) is 0 Å². The van der Waals surface area contributed by atoms with Crippen LogP contribution in [0.15, 0.2) is 0 Å². The molecule has 0 heterocycles. The third-order valence-electron chi connectivity index (χ3n) is 4.87. The Hall–Kier alpha value is -0.530. The Morgan fingerprint density at radius 1 is 1.31 bits per heavy atom. The largest absolute Gasteiger partial charge is 0.359 e. The number of hydrogen-bond donors (Lipinski definition) is 1. The van der Waals surface area contributed by atoms with E-state index in [1.165, 1.54) is 6.42 Å². The fourth-order valence-corrected chi connectivity index (χ4v) is 2.94. The summed E-state index contributed by atoms with van der Waals surface area (Å²) in [4.78, 5) is 12.2. The monoisotopic (exact) mass is 225 g/mol. The molecule has 0 spiro atoms. The molecule has 1 aliphatic rings. The van der Waals surface area contributed by atoms with Gasteiger partial charge in [0.05, 0.1) is 5.41 Å². The van der Waals surface area contributed by atoms with Gasteiger partial charge in [0.25, 0.3) is 0 Å². The van der Waals surface area contributed by atoms with Gasteiger partial charge in [-0.1, -0.05) is 41.0 Å². The van der Waals surface area contributed by atoms with E-state index in [1.807, 2.05) is 0 Å². The Morgan fingerprint density at radius 2 is 1.88 bits per heavy atom. The second-order valence-corrected chi connectivity index (χ2v) is 6.74. The van der Waals surface area contributed by atoms with Crippen molar-refractivity contribution < 1.29 is 4.79 Å². The average molecular weight is 225 g/mol. The number of carbonyl (C=O) groups is 1. The molecule has 2 heteroatoms. The van der Waals surface area contributed by atoms with E-state index in [0.717, 1.165) is 19.3 Å². The first-order chi connectivity index (χ1) is 7.21. The van der Waals surface area contributed by atoms with Crippen molar-refractivity contribution in [3.8, 4) is 0 Å². The summed E-state index contributed by atoms with van der Waals surface area (Å²) in [5.41, 5.74) is 0.269. The summed E-state index contributed by atoms with van der Waals surface area (Å²) in [6.07, 6.45) is 4.34. The molecule has 0 aromatic rings. The molecular formula is C14H27NO. The van der Waals surface area contributed by atoms with Crippen LogP contribution in [0.2, 0.25) is 0 Å². The van der Waals surface area contributed by atoms with Crippen LogP contribution < -0.4 is 5.32 Å². The molecule has 94 valence electrons. The molecule has 0 bridgehead atoms. The molecule has 0 aromatic carbocycles. The Bertz CT molecular complexity index is 280. The summed E-state index contributed by atoms with van der Waals surface area (Å²) in [5, 5.41) is 2.87. The predicted molar refractivity (Wildman–Crippen MR) is 68.2 cm³/mol.